The van der Waals surface area contributed by atoms with E-state index in [-0.39, 0.29) is 37.5 Å². The number of aliphatic hydroxyl groups is 5. The van der Waals surface area contributed by atoms with Crippen molar-refractivity contribution in [2.24, 2.45) is 17.8 Å². The average Bonchev–Trinajstić information content (AvgIpc) is 3.09. The number of rotatable bonds is 9. The highest BCUT2D eigenvalue weighted by Crippen LogP contribution is 2.40. The van der Waals surface area contributed by atoms with Gasteiger partial charge in [0.15, 0.2) is 12.6 Å². The Hall–Kier alpha value is -1.01. The number of cyclic esters (lactones) is 1. The second-order valence-corrected chi connectivity index (χ2v) is 17.7. The zero-order valence-electron chi connectivity index (χ0n) is 35.6. The third-order valence-electron chi connectivity index (χ3n) is 12.6. The molecule has 3 aliphatic heterocycles. The van der Waals surface area contributed by atoms with Crippen LogP contribution < -0.4 is 0 Å². The third kappa shape index (κ3) is 10.7. The minimum Gasteiger partial charge on any atom is -0.459 e. The zero-order chi connectivity index (χ0) is 41.1. The monoisotopic (exact) mass is 777 g/mol. The summed E-state index contributed by atoms with van der Waals surface area (Å²) in [5.41, 5.74) is -4.38. The van der Waals surface area contributed by atoms with Gasteiger partial charge in [-0.1, -0.05) is 27.7 Å². The van der Waals surface area contributed by atoms with E-state index >= 15 is 0 Å². The van der Waals surface area contributed by atoms with Crippen LogP contribution in [-0.4, -0.2) is 166 Å². The number of ether oxygens (including phenoxy) is 6. The van der Waals surface area contributed by atoms with Gasteiger partial charge in [-0.15, -0.1) is 0 Å². The lowest BCUT2D eigenvalue weighted by Crippen LogP contribution is -2.61. The number of hydrogen-bond donors (Lipinski definition) is 5. The van der Waals surface area contributed by atoms with Crippen LogP contribution in [0.5, 0.6) is 0 Å². The van der Waals surface area contributed by atoms with Crippen LogP contribution >= 0.6 is 0 Å². The zero-order valence-corrected chi connectivity index (χ0v) is 35.6. The molecule has 0 aromatic rings. The molecule has 14 heteroatoms. The first-order chi connectivity index (χ1) is 24.9. The fourth-order valence-corrected chi connectivity index (χ4v) is 9.13. The average molecular weight is 777 g/mol. The van der Waals surface area contributed by atoms with Crippen molar-refractivity contribution >= 4 is 5.97 Å². The van der Waals surface area contributed by atoms with Crippen LogP contribution in [0.25, 0.3) is 0 Å². The van der Waals surface area contributed by atoms with E-state index in [1.54, 1.807) is 34.6 Å². The van der Waals surface area contributed by atoms with Gasteiger partial charge in [-0.05, 0) is 101 Å². The first kappa shape index (κ1) is 47.4. The molecule has 5 N–H and O–H groups in total. The molecule has 3 heterocycles. The molecule has 0 spiro atoms. The molecular weight excluding hydrogens is 700 g/mol. The normalized spacial score (nSPS) is 48.2. The molecule has 0 amide bonds. The highest BCUT2D eigenvalue weighted by molar-refractivity contribution is 5.73. The van der Waals surface area contributed by atoms with Crippen molar-refractivity contribution in [3.8, 4) is 0 Å². The number of aliphatic hydroxyl groups excluding tert-OH is 3. The van der Waals surface area contributed by atoms with Crippen molar-refractivity contribution in [3.63, 3.8) is 0 Å². The smallest absolute Gasteiger partial charge is 0.311 e. The van der Waals surface area contributed by atoms with E-state index in [9.17, 15) is 30.3 Å². The van der Waals surface area contributed by atoms with E-state index < -0.39 is 95.8 Å². The lowest BCUT2D eigenvalue weighted by Gasteiger charge is -2.49. The first-order valence-corrected chi connectivity index (χ1v) is 20.2. The van der Waals surface area contributed by atoms with Gasteiger partial charge in [0.05, 0.1) is 47.6 Å². The van der Waals surface area contributed by atoms with E-state index in [1.807, 2.05) is 46.7 Å². The Kier molecular flexibility index (Phi) is 16.8. The van der Waals surface area contributed by atoms with Gasteiger partial charge in [0, 0.05) is 38.1 Å². The minimum absolute atomic E-state index is 0.133. The van der Waals surface area contributed by atoms with Crippen LogP contribution in [0.1, 0.15) is 108 Å². The van der Waals surface area contributed by atoms with E-state index in [0.29, 0.717) is 19.5 Å². The van der Waals surface area contributed by atoms with E-state index in [1.165, 1.54) is 14.0 Å². The number of carbonyl (C=O) groups excluding carboxylic acids is 1. The summed E-state index contributed by atoms with van der Waals surface area (Å²) >= 11 is 0. The quantitative estimate of drug-likeness (QED) is 0.216. The number of carbonyl (C=O) groups is 1. The Morgan fingerprint density at radius 1 is 0.926 bits per heavy atom. The van der Waals surface area contributed by atoms with Crippen molar-refractivity contribution < 1.29 is 58.7 Å². The maximum Gasteiger partial charge on any atom is 0.311 e. The SMILES string of the molecule is CCCN1C[C@H](C)[C@@H](O)[C@](C)(O)C(CC)OC(=O)[C@H](C)C(O[C@H]2C[C@@](C)(OC)[C@@H](O)[C@H](C)O2)[C@H](C)[C@@H](O[C@@H]2O[C@H](C)C[C@H](N(C)C)[C@H]2O)[C@](C)(O)C[C@H]1C. The maximum atomic E-state index is 14.3. The fraction of sp³-hybridized carbons (Fsp3) is 0.975. The standard InChI is InChI=1S/C40H76N2O12/c1-15-17-42-21-22(3)33(44)40(11,48)29(16-2)52-36(46)26(7)32(53-30-20-39(10,49-14)34(45)27(8)51-30)25(6)35(38(9,47)19-23(42)4)54-37-31(43)28(41(12)13)18-24(5)50-37/h22-35,37,43-45,47-48H,15-21H2,1-14H3/t22-,23+,24+,25-,26+,27-,28-,29?,30-,31+,32?,33+,34-,35+,37-,38+,39+,40+/m0/s1. The number of likely N-dealkylation sites (N-methyl/N-ethyl adjacent to an activating group) is 1. The van der Waals surface area contributed by atoms with Crippen LogP contribution in [0.3, 0.4) is 0 Å². The molecule has 3 fully saturated rings. The van der Waals surface area contributed by atoms with Crippen LogP contribution in [0.2, 0.25) is 0 Å². The Morgan fingerprint density at radius 3 is 2.11 bits per heavy atom. The summed E-state index contributed by atoms with van der Waals surface area (Å²) in [5, 5.41) is 58.7. The van der Waals surface area contributed by atoms with Crippen LogP contribution in [0, 0.1) is 17.8 Å². The summed E-state index contributed by atoms with van der Waals surface area (Å²) in [6, 6.07) is -0.500. The molecule has 54 heavy (non-hydrogen) atoms. The number of methoxy groups -OCH3 is 1. The summed E-state index contributed by atoms with van der Waals surface area (Å²) in [6.45, 7) is 20.9. The molecule has 2 unspecified atom stereocenters. The molecule has 3 aliphatic rings. The molecule has 3 saturated heterocycles. The number of hydrogen-bond acceptors (Lipinski definition) is 14. The van der Waals surface area contributed by atoms with Crippen LogP contribution in [0.4, 0.5) is 0 Å². The van der Waals surface area contributed by atoms with Crippen LogP contribution in [0.15, 0.2) is 0 Å². The van der Waals surface area contributed by atoms with Gasteiger partial charge in [0.25, 0.3) is 0 Å². The predicted molar refractivity (Wildman–Crippen MR) is 203 cm³/mol. The summed E-state index contributed by atoms with van der Waals surface area (Å²) in [4.78, 5) is 18.4. The van der Waals surface area contributed by atoms with Gasteiger partial charge < -0.3 is 63.8 Å². The van der Waals surface area contributed by atoms with Crippen molar-refractivity contribution in [1.82, 2.24) is 9.80 Å². The third-order valence-corrected chi connectivity index (χ3v) is 12.6. The number of nitrogens with zero attached hydrogens (tertiary/aromatic N) is 2. The van der Waals surface area contributed by atoms with Gasteiger partial charge in [0.2, 0.25) is 0 Å². The molecule has 0 radical (unpaired) electrons. The second-order valence-electron chi connectivity index (χ2n) is 17.7. The molecule has 14 nitrogen and oxygen atoms in total. The van der Waals surface area contributed by atoms with Gasteiger partial charge in [-0.2, -0.15) is 0 Å². The Bertz CT molecular complexity index is 1180. The molecule has 3 rings (SSSR count). The van der Waals surface area contributed by atoms with Crippen molar-refractivity contribution in [2.75, 3.05) is 34.3 Å². The Labute approximate surface area is 324 Å². The van der Waals surface area contributed by atoms with Gasteiger partial charge in [-0.25, -0.2) is 0 Å². The topological polar surface area (TPSA) is 180 Å². The van der Waals surface area contributed by atoms with Gasteiger partial charge in [-0.3, -0.25) is 4.79 Å². The minimum atomic E-state index is -1.78. The van der Waals surface area contributed by atoms with E-state index in [2.05, 4.69) is 11.8 Å². The molecule has 318 valence electrons. The lowest BCUT2D eigenvalue weighted by molar-refractivity contribution is -0.318. The van der Waals surface area contributed by atoms with Gasteiger partial charge >= 0.3 is 5.97 Å². The Morgan fingerprint density at radius 2 is 1.56 bits per heavy atom. The fourth-order valence-electron chi connectivity index (χ4n) is 9.13. The molecule has 18 atom stereocenters. The summed E-state index contributed by atoms with van der Waals surface area (Å²) in [5.74, 6) is -2.87. The van der Waals surface area contributed by atoms with Gasteiger partial charge in [0.1, 0.15) is 23.9 Å². The molecular formula is C40H76N2O12. The summed E-state index contributed by atoms with van der Waals surface area (Å²) < 4.78 is 37.8. The molecule has 0 bridgehead atoms. The maximum absolute atomic E-state index is 14.3. The summed E-state index contributed by atoms with van der Waals surface area (Å²) in [6.07, 6.45) is -7.37. The van der Waals surface area contributed by atoms with Crippen molar-refractivity contribution in [3.05, 3.63) is 0 Å². The number of esters is 1. The Balaban J connectivity index is 2.22. The first-order valence-electron chi connectivity index (χ1n) is 20.2. The van der Waals surface area contributed by atoms with E-state index in [4.69, 9.17) is 28.4 Å². The predicted octanol–water partition coefficient (Wildman–Crippen LogP) is 2.68. The van der Waals surface area contributed by atoms with Crippen molar-refractivity contribution in [1.29, 1.82) is 0 Å². The molecule has 0 aromatic carbocycles. The highest BCUT2D eigenvalue weighted by Gasteiger charge is 2.52. The molecule has 0 aliphatic carbocycles. The van der Waals surface area contributed by atoms with Crippen molar-refractivity contribution in [2.45, 2.75) is 199 Å². The van der Waals surface area contributed by atoms with Crippen LogP contribution in [-0.2, 0) is 33.2 Å². The second kappa shape index (κ2) is 19.2. The summed E-state index contributed by atoms with van der Waals surface area (Å²) in [7, 11) is 5.29. The lowest BCUT2D eigenvalue weighted by atomic mass is 9.78. The largest absolute Gasteiger partial charge is 0.459 e. The molecule has 0 saturated carbocycles. The highest BCUT2D eigenvalue weighted by atomic mass is 16.7. The van der Waals surface area contributed by atoms with E-state index in [0.717, 1.165) is 6.42 Å². The molecule has 0 aromatic heterocycles.